The molecule has 3 heteroatoms. The Morgan fingerprint density at radius 1 is 1.28 bits per heavy atom. The van der Waals surface area contributed by atoms with E-state index in [2.05, 4.69) is 46.3 Å². The molecule has 2 atom stereocenters. The van der Waals surface area contributed by atoms with Gasteiger partial charge in [-0.2, -0.15) is 0 Å². The minimum atomic E-state index is 0.398. The van der Waals surface area contributed by atoms with E-state index in [4.69, 9.17) is 11.6 Å². The van der Waals surface area contributed by atoms with Gasteiger partial charge in [-0.25, -0.2) is 0 Å². The third kappa shape index (κ3) is 2.65. The lowest BCUT2D eigenvalue weighted by molar-refractivity contribution is 0.171. The monoisotopic (exact) mass is 260 g/mol. The molecule has 0 spiro atoms. The zero-order chi connectivity index (χ0) is 12.4. The van der Waals surface area contributed by atoms with Gasteiger partial charge in [0.25, 0.3) is 0 Å². The van der Waals surface area contributed by atoms with Crippen molar-refractivity contribution < 1.29 is 0 Å². The Morgan fingerprint density at radius 3 is 2.94 bits per heavy atom. The minimum Gasteiger partial charge on any atom is -0.298 e. The summed E-state index contributed by atoms with van der Waals surface area (Å²) in [6, 6.07) is 11.1. The number of hydrogen-bond donors (Lipinski definition) is 0. The molecule has 2 heterocycles. The van der Waals surface area contributed by atoms with Crippen molar-refractivity contribution in [3.05, 3.63) is 48.0 Å². The lowest BCUT2D eigenvalue weighted by Crippen LogP contribution is -2.42. The van der Waals surface area contributed by atoms with Crippen molar-refractivity contribution in [3.8, 4) is 0 Å². The molecule has 1 saturated heterocycles. The molecular weight excluding hydrogens is 244 g/mol. The summed E-state index contributed by atoms with van der Waals surface area (Å²) in [4.78, 5) is 7.02. The quantitative estimate of drug-likeness (QED) is 0.798. The first-order valence-electron chi connectivity index (χ1n) is 6.49. The first-order chi connectivity index (χ1) is 8.81. The lowest BCUT2D eigenvalue weighted by Gasteiger charge is -2.36. The molecular formula is C15H17ClN2. The van der Waals surface area contributed by atoms with Gasteiger partial charge in [0.15, 0.2) is 0 Å². The van der Waals surface area contributed by atoms with Gasteiger partial charge in [0.1, 0.15) is 5.17 Å². The van der Waals surface area contributed by atoms with E-state index in [9.17, 15) is 0 Å². The van der Waals surface area contributed by atoms with Crippen LogP contribution < -0.4 is 0 Å². The highest BCUT2D eigenvalue weighted by Crippen LogP contribution is 2.26. The van der Waals surface area contributed by atoms with E-state index in [0.29, 0.717) is 17.1 Å². The van der Waals surface area contributed by atoms with E-state index in [1.807, 2.05) is 6.08 Å². The summed E-state index contributed by atoms with van der Waals surface area (Å²) in [5.41, 5.74) is 1.39. The van der Waals surface area contributed by atoms with E-state index >= 15 is 0 Å². The zero-order valence-corrected chi connectivity index (χ0v) is 11.1. The first kappa shape index (κ1) is 11.9. The van der Waals surface area contributed by atoms with E-state index in [0.717, 1.165) is 26.1 Å². The third-order valence-corrected chi connectivity index (χ3v) is 3.95. The number of aliphatic imine (C=N–C) groups is 1. The number of dihydropyridines is 1. The average molecular weight is 261 g/mol. The van der Waals surface area contributed by atoms with Crippen molar-refractivity contribution in [2.45, 2.75) is 19.0 Å². The van der Waals surface area contributed by atoms with Crippen LogP contribution in [0.2, 0.25) is 0 Å². The molecule has 3 rings (SSSR count). The summed E-state index contributed by atoms with van der Waals surface area (Å²) in [5, 5.41) is 0.660. The number of hydrogen-bond acceptors (Lipinski definition) is 2. The molecule has 94 valence electrons. The molecule has 18 heavy (non-hydrogen) atoms. The Labute approximate surface area is 113 Å². The number of benzene rings is 1. The van der Waals surface area contributed by atoms with Crippen LogP contribution in [0.4, 0.5) is 0 Å². The maximum Gasteiger partial charge on any atom is 0.123 e. The topological polar surface area (TPSA) is 15.6 Å². The number of likely N-dealkylation sites (tertiary alicyclic amines) is 1. The highest BCUT2D eigenvalue weighted by Gasteiger charge is 2.28. The second-order valence-electron chi connectivity index (χ2n) is 5.05. The molecule has 2 unspecified atom stereocenters. The van der Waals surface area contributed by atoms with Crippen LogP contribution in [0.5, 0.6) is 0 Å². The fourth-order valence-corrected chi connectivity index (χ4v) is 2.98. The molecule has 1 aromatic rings. The number of piperidine rings is 1. The summed E-state index contributed by atoms with van der Waals surface area (Å²) >= 11 is 5.95. The summed E-state index contributed by atoms with van der Waals surface area (Å²) in [7, 11) is 0. The van der Waals surface area contributed by atoms with E-state index in [1.165, 1.54) is 5.56 Å². The van der Waals surface area contributed by atoms with Crippen LogP contribution in [0.3, 0.4) is 0 Å². The van der Waals surface area contributed by atoms with Crippen molar-refractivity contribution in [2.75, 3.05) is 13.1 Å². The van der Waals surface area contributed by atoms with E-state index in [1.54, 1.807) is 0 Å². The van der Waals surface area contributed by atoms with Crippen LogP contribution in [-0.2, 0) is 6.54 Å². The molecule has 0 saturated carbocycles. The van der Waals surface area contributed by atoms with Gasteiger partial charge >= 0.3 is 0 Å². The standard InChI is InChI=1S/C15H17ClN2/c16-15-7-6-13-11-18(9-8-14(13)17-15)10-12-4-2-1-3-5-12/h1-7,13-14H,8-11H2. The highest BCUT2D eigenvalue weighted by atomic mass is 35.5. The summed E-state index contributed by atoms with van der Waals surface area (Å²) in [5.74, 6) is 0.532. The third-order valence-electron chi connectivity index (χ3n) is 3.72. The summed E-state index contributed by atoms with van der Waals surface area (Å²) in [6.45, 7) is 3.23. The van der Waals surface area contributed by atoms with E-state index in [-0.39, 0.29) is 0 Å². The SMILES string of the molecule is ClC1=NC2CCN(Cc3ccccc3)CC2C=C1. The fraction of sp³-hybridized carbons (Fsp3) is 0.400. The van der Waals surface area contributed by atoms with Crippen molar-refractivity contribution in [2.24, 2.45) is 10.9 Å². The van der Waals surface area contributed by atoms with Gasteiger partial charge in [-0.1, -0.05) is 48.0 Å². The molecule has 0 aromatic heterocycles. The summed E-state index contributed by atoms with van der Waals surface area (Å²) < 4.78 is 0. The molecule has 1 fully saturated rings. The van der Waals surface area contributed by atoms with Crippen molar-refractivity contribution in [1.29, 1.82) is 0 Å². The molecule has 0 radical (unpaired) electrons. The molecule has 0 amide bonds. The van der Waals surface area contributed by atoms with Gasteiger partial charge in [0.2, 0.25) is 0 Å². The van der Waals surface area contributed by atoms with Crippen LogP contribution in [0.25, 0.3) is 0 Å². The van der Waals surface area contributed by atoms with Gasteiger partial charge in [0.05, 0.1) is 6.04 Å². The Hall–Kier alpha value is -1.12. The van der Waals surface area contributed by atoms with E-state index < -0.39 is 0 Å². The van der Waals surface area contributed by atoms with Crippen LogP contribution in [0, 0.1) is 5.92 Å². The van der Waals surface area contributed by atoms with Gasteiger partial charge in [-0.3, -0.25) is 9.89 Å². The van der Waals surface area contributed by atoms with Crippen molar-refractivity contribution >= 4 is 16.8 Å². The maximum atomic E-state index is 5.95. The molecule has 2 aliphatic heterocycles. The average Bonchev–Trinajstić information content (AvgIpc) is 2.40. The van der Waals surface area contributed by atoms with Gasteiger partial charge in [-0.05, 0) is 18.1 Å². The number of rotatable bonds is 2. The second kappa shape index (κ2) is 5.25. The highest BCUT2D eigenvalue weighted by molar-refractivity contribution is 6.68. The first-order valence-corrected chi connectivity index (χ1v) is 6.87. The molecule has 0 aliphatic carbocycles. The Balaban J connectivity index is 1.63. The van der Waals surface area contributed by atoms with Crippen LogP contribution in [-0.4, -0.2) is 29.2 Å². The van der Waals surface area contributed by atoms with Crippen LogP contribution in [0.1, 0.15) is 12.0 Å². The Kier molecular flexibility index (Phi) is 3.48. The summed E-state index contributed by atoms with van der Waals surface area (Å²) in [6.07, 6.45) is 5.27. The minimum absolute atomic E-state index is 0.398. The van der Waals surface area contributed by atoms with Gasteiger partial charge < -0.3 is 0 Å². The predicted molar refractivity (Wildman–Crippen MR) is 76.0 cm³/mol. The Morgan fingerprint density at radius 2 is 2.11 bits per heavy atom. The molecule has 2 nitrogen and oxygen atoms in total. The largest absolute Gasteiger partial charge is 0.298 e. The fourth-order valence-electron chi connectivity index (χ4n) is 2.78. The second-order valence-corrected chi connectivity index (χ2v) is 5.44. The number of halogens is 1. The van der Waals surface area contributed by atoms with Crippen LogP contribution in [0.15, 0.2) is 47.5 Å². The normalized spacial score (nSPS) is 27.7. The van der Waals surface area contributed by atoms with Crippen LogP contribution >= 0.6 is 11.6 Å². The van der Waals surface area contributed by atoms with Crippen molar-refractivity contribution in [1.82, 2.24) is 4.90 Å². The smallest absolute Gasteiger partial charge is 0.123 e. The molecule has 0 bridgehead atoms. The Bertz CT molecular complexity index is 467. The van der Waals surface area contributed by atoms with Crippen molar-refractivity contribution in [3.63, 3.8) is 0 Å². The van der Waals surface area contributed by atoms with Gasteiger partial charge in [-0.15, -0.1) is 0 Å². The lowest BCUT2D eigenvalue weighted by atomic mass is 9.90. The number of fused-ring (bicyclic) bond motifs is 1. The molecule has 0 N–H and O–H groups in total. The number of allylic oxidation sites excluding steroid dienone is 1. The maximum absolute atomic E-state index is 5.95. The predicted octanol–water partition coefficient (Wildman–Crippen LogP) is 3.08. The number of nitrogens with zero attached hydrogens (tertiary/aromatic N) is 2. The molecule has 1 aromatic carbocycles. The zero-order valence-electron chi connectivity index (χ0n) is 10.3. The van der Waals surface area contributed by atoms with Gasteiger partial charge in [0, 0.05) is 25.6 Å². The molecule has 2 aliphatic rings.